The van der Waals surface area contributed by atoms with Gasteiger partial charge >= 0.3 is 5.97 Å². The molecule has 2 rings (SSSR count). The van der Waals surface area contributed by atoms with E-state index in [1.165, 1.54) is 0 Å². The Balaban J connectivity index is 2.19. The molecule has 0 aliphatic carbocycles. The Hall–Kier alpha value is -1.80. The molecule has 1 heterocycles. The van der Waals surface area contributed by atoms with Gasteiger partial charge in [-0.25, -0.2) is 4.79 Å². The van der Waals surface area contributed by atoms with Gasteiger partial charge in [-0.1, -0.05) is 63.4 Å². The number of aliphatic hydroxyl groups is 2. The SMILES string of the molecule is CCCCC(CC)COC(=O)C(O)(C1OCC(=O)CO1)C(O)c1ccccc1. The molecule has 7 heteroatoms. The highest BCUT2D eigenvalue weighted by molar-refractivity contribution is 5.83. The number of Topliss-reactive ketones (excluding diaryl/α,β-unsaturated/α-hetero) is 1. The molecule has 0 spiro atoms. The summed E-state index contributed by atoms with van der Waals surface area (Å²) in [7, 11) is 0. The van der Waals surface area contributed by atoms with E-state index >= 15 is 0 Å². The summed E-state index contributed by atoms with van der Waals surface area (Å²) in [6.45, 7) is 3.61. The van der Waals surface area contributed by atoms with Gasteiger partial charge in [0, 0.05) is 0 Å². The van der Waals surface area contributed by atoms with Crippen molar-refractivity contribution >= 4 is 11.8 Å². The first-order valence-corrected chi connectivity index (χ1v) is 9.80. The molecule has 1 aliphatic heterocycles. The molecule has 0 bridgehead atoms. The van der Waals surface area contributed by atoms with Gasteiger partial charge < -0.3 is 24.4 Å². The van der Waals surface area contributed by atoms with Gasteiger partial charge in [0.25, 0.3) is 0 Å². The van der Waals surface area contributed by atoms with Crippen LogP contribution in [-0.2, 0) is 23.8 Å². The molecule has 1 aliphatic rings. The maximum atomic E-state index is 12.9. The van der Waals surface area contributed by atoms with Crippen LogP contribution in [0.25, 0.3) is 0 Å². The fourth-order valence-electron chi connectivity index (χ4n) is 3.11. The number of rotatable bonds is 10. The molecule has 1 saturated heterocycles. The molecule has 3 atom stereocenters. The monoisotopic (exact) mass is 394 g/mol. The van der Waals surface area contributed by atoms with Crippen LogP contribution in [0.5, 0.6) is 0 Å². The van der Waals surface area contributed by atoms with Gasteiger partial charge in [-0.3, -0.25) is 4.79 Å². The van der Waals surface area contributed by atoms with Crippen molar-refractivity contribution in [2.45, 2.75) is 57.5 Å². The minimum absolute atomic E-state index is 0.130. The quantitative estimate of drug-likeness (QED) is 0.586. The third-order valence-corrected chi connectivity index (χ3v) is 5.00. The lowest BCUT2D eigenvalue weighted by atomic mass is 9.89. The summed E-state index contributed by atoms with van der Waals surface area (Å²) in [5, 5.41) is 22.0. The highest BCUT2D eigenvalue weighted by atomic mass is 16.7. The Bertz CT molecular complexity index is 623. The molecule has 0 saturated carbocycles. The van der Waals surface area contributed by atoms with Crippen molar-refractivity contribution < 1.29 is 34.0 Å². The van der Waals surface area contributed by atoms with Gasteiger partial charge in [0.2, 0.25) is 11.9 Å². The second-order valence-electron chi connectivity index (χ2n) is 7.15. The molecule has 156 valence electrons. The third kappa shape index (κ3) is 5.38. The summed E-state index contributed by atoms with van der Waals surface area (Å²) in [5.74, 6) is -1.18. The lowest BCUT2D eigenvalue weighted by Crippen LogP contribution is -2.59. The summed E-state index contributed by atoms with van der Waals surface area (Å²) >= 11 is 0. The average molecular weight is 394 g/mol. The van der Waals surface area contributed by atoms with Crippen LogP contribution in [0.2, 0.25) is 0 Å². The lowest BCUT2D eigenvalue weighted by molar-refractivity contribution is -0.277. The van der Waals surface area contributed by atoms with Gasteiger partial charge in [-0.15, -0.1) is 0 Å². The van der Waals surface area contributed by atoms with Crippen LogP contribution in [-0.4, -0.2) is 53.7 Å². The summed E-state index contributed by atoms with van der Waals surface area (Å²) in [5.41, 5.74) is -2.19. The van der Waals surface area contributed by atoms with Gasteiger partial charge in [0.15, 0.2) is 5.78 Å². The van der Waals surface area contributed by atoms with E-state index in [9.17, 15) is 19.8 Å². The van der Waals surface area contributed by atoms with Crippen LogP contribution in [0.4, 0.5) is 0 Å². The first-order chi connectivity index (χ1) is 13.4. The molecular weight excluding hydrogens is 364 g/mol. The molecule has 1 fully saturated rings. The van der Waals surface area contributed by atoms with E-state index in [1.54, 1.807) is 30.3 Å². The second-order valence-corrected chi connectivity index (χ2v) is 7.15. The van der Waals surface area contributed by atoms with Crippen molar-refractivity contribution in [2.75, 3.05) is 19.8 Å². The van der Waals surface area contributed by atoms with Gasteiger partial charge in [0.1, 0.15) is 19.3 Å². The standard InChI is InChI=1S/C21H30O7/c1-3-5-9-15(4-2)12-26-19(24)21(25,20-27-13-17(22)14-28-20)18(23)16-10-7-6-8-11-16/h6-8,10-11,15,18,20,23,25H,3-5,9,12-14H2,1-2H3. The van der Waals surface area contributed by atoms with Crippen molar-refractivity contribution in [3.8, 4) is 0 Å². The van der Waals surface area contributed by atoms with E-state index < -0.39 is 24.0 Å². The van der Waals surface area contributed by atoms with E-state index in [2.05, 4.69) is 6.92 Å². The first-order valence-electron chi connectivity index (χ1n) is 9.80. The van der Waals surface area contributed by atoms with Crippen molar-refractivity contribution in [1.29, 1.82) is 0 Å². The largest absolute Gasteiger partial charge is 0.463 e. The van der Waals surface area contributed by atoms with Crippen LogP contribution in [0.15, 0.2) is 30.3 Å². The molecule has 1 aromatic carbocycles. The number of carbonyl (C=O) groups excluding carboxylic acids is 2. The van der Waals surface area contributed by atoms with Gasteiger partial charge in [-0.05, 0) is 17.9 Å². The minimum Gasteiger partial charge on any atom is -0.463 e. The number of ketones is 1. The number of ether oxygens (including phenoxy) is 3. The van der Waals surface area contributed by atoms with E-state index in [1.807, 2.05) is 6.92 Å². The fraction of sp³-hybridized carbons (Fsp3) is 0.619. The predicted molar refractivity (Wildman–Crippen MR) is 101 cm³/mol. The smallest absolute Gasteiger partial charge is 0.346 e. The number of hydrogen-bond donors (Lipinski definition) is 2. The van der Waals surface area contributed by atoms with Crippen LogP contribution in [0.1, 0.15) is 51.2 Å². The normalized spacial score (nSPS) is 19.6. The highest BCUT2D eigenvalue weighted by Gasteiger charge is 2.55. The summed E-state index contributed by atoms with van der Waals surface area (Å²) < 4.78 is 15.9. The number of carbonyl (C=O) groups is 2. The molecular formula is C21H30O7. The topological polar surface area (TPSA) is 102 Å². The average Bonchev–Trinajstić information content (AvgIpc) is 2.73. The summed E-state index contributed by atoms with van der Waals surface area (Å²) in [6.07, 6.45) is 0.643. The Morgan fingerprint density at radius 1 is 1.25 bits per heavy atom. The van der Waals surface area contributed by atoms with Gasteiger partial charge in [-0.2, -0.15) is 0 Å². The van der Waals surface area contributed by atoms with Crippen LogP contribution in [0, 0.1) is 5.92 Å². The van der Waals surface area contributed by atoms with Crippen molar-refractivity contribution in [3.05, 3.63) is 35.9 Å². The van der Waals surface area contributed by atoms with Crippen LogP contribution >= 0.6 is 0 Å². The Kier molecular flexibility index (Phi) is 8.57. The zero-order valence-electron chi connectivity index (χ0n) is 16.5. The molecule has 1 aromatic rings. The molecule has 3 unspecified atom stereocenters. The number of unbranched alkanes of at least 4 members (excludes halogenated alkanes) is 1. The number of esters is 1. The van der Waals surface area contributed by atoms with Crippen molar-refractivity contribution in [2.24, 2.45) is 5.92 Å². The molecule has 0 radical (unpaired) electrons. The minimum atomic E-state index is -2.49. The van der Waals surface area contributed by atoms with E-state index in [4.69, 9.17) is 14.2 Å². The number of aliphatic hydroxyl groups excluding tert-OH is 1. The fourth-order valence-corrected chi connectivity index (χ4v) is 3.11. The number of hydrogen-bond acceptors (Lipinski definition) is 7. The van der Waals surface area contributed by atoms with Crippen LogP contribution in [0.3, 0.4) is 0 Å². The predicted octanol–water partition coefficient (Wildman–Crippen LogP) is 2.15. The zero-order valence-corrected chi connectivity index (χ0v) is 16.5. The Morgan fingerprint density at radius 2 is 1.89 bits per heavy atom. The molecule has 28 heavy (non-hydrogen) atoms. The third-order valence-electron chi connectivity index (χ3n) is 5.00. The summed E-state index contributed by atoms with van der Waals surface area (Å²) in [4.78, 5) is 24.3. The Morgan fingerprint density at radius 3 is 2.46 bits per heavy atom. The van der Waals surface area contributed by atoms with E-state index in [-0.39, 0.29) is 31.5 Å². The highest BCUT2D eigenvalue weighted by Crippen LogP contribution is 2.34. The van der Waals surface area contributed by atoms with Crippen molar-refractivity contribution in [1.82, 2.24) is 0 Å². The maximum absolute atomic E-state index is 12.9. The van der Waals surface area contributed by atoms with Crippen LogP contribution < -0.4 is 0 Å². The molecule has 7 nitrogen and oxygen atoms in total. The zero-order chi connectivity index (χ0) is 20.6. The first kappa shape index (κ1) is 22.5. The Labute approximate surface area is 165 Å². The lowest BCUT2D eigenvalue weighted by Gasteiger charge is -2.38. The van der Waals surface area contributed by atoms with Crippen molar-refractivity contribution in [3.63, 3.8) is 0 Å². The molecule has 2 N–H and O–H groups in total. The molecule has 0 amide bonds. The summed E-state index contributed by atoms with van der Waals surface area (Å²) in [6, 6.07) is 8.25. The number of benzene rings is 1. The van der Waals surface area contributed by atoms with E-state index in [0.717, 1.165) is 25.7 Å². The maximum Gasteiger partial charge on any atom is 0.346 e. The van der Waals surface area contributed by atoms with Gasteiger partial charge in [0.05, 0.1) is 6.61 Å². The molecule has 0 aromatic heterocycles. The second kappa shape index (κ2) is 10.7. The van der Waals surface area contributed by atoms with E-state index in [0.29, 0.717) is 5.56 Å².